The zero-order valence-electron chi connectivity index (χ0n) is 14.8. The lowest BCUT2D eigenvalue weighted by molar-refractivity contribution is -0.129. The molecule has 0 aliphatic carbocycles. The number of esters is 1. The smallest absolute Gasteiger partial charge is 0.342 e. The molecule has 0 saturated carbocycles. The van der Waals surface area contributed by atoms with Crippen LogP contribution in [0.1, 0.15) is 29.8 Å². The Kier molecular flexibility index (Phi) is 7.14. The monoisotopic (exact) mass is 359 g/mol. The van der Waals surface area contributed by atoms with Gasteiger partial charge in [0.2, 0.25) is 0 Å². The number of ether oxygens (including phenoxy) is 2. The van der Waals surface area contributed by atoms with Gasteiger partial charge in [0.25, 0.3) is 5.91 Å². The van der Waals surface area contributed by atoms with Crippen molar-refractivity contribution >= 4 is 11.9 Å². The number of amides is 1. The van der Waals surface area contributed by atoms with E-state index in [0.29, 0.717) is 25.3 Å². The molecular weight excluding hydrogens is 337 g/mol. The summed E-state index contributed by atoms with van der Waals surface area (Å²) in [6.07, 6.45) is -0.384. The number of hydrogen-bond donors (Lipinski definition) is 1. The predicted octanol–water partition coefficient (Wildman–Crippen LogP) is 3.13. The molecule has 0 aliphatic rings. The molecule has 6 heteroatoms. The maximum atomic E-state index is 12.9. The van der Waals surface area contributed by atoms with E-state index in [4.69, 9.17) is 9.47 Å². The first-order valence-corrected chi connectivity index (χ1v) is 8.46. The number of benzene rings is 2. The van der Waals surface area contributed by atoms with Crippen LogP contribution >= 0.6 is 0 Å². The number of rotatable bonds is 8. The average molecular weight is 359 g/mol. The van der Waals surface area contributed by atoms with E-state index in [1.165, 1.54) is 19.1 Å². The highest BCUT2D eigenvalue weighted by molar-refractivity contribution is 5.94. The summed E-state index contributed by atoms with van der Waals surface area (Å²) in [6.45, 7) is 4.11. The zero-order valence-corrected chi connectivity index (χ0v) is 14.8. The number of hydrogen-bond acceptors (Lipinski definition) is 4. The molecule has 0 aliphatic heterocycles. The Labute approximate surface area is 152 Å². The number of carbonyl (C=O) groups excluding carboxylic acids is 2. The van der Waals surface area contributed by atoms with Gasteiger partial charge in [0.15, 0.2) is 6.10 Å². The van der Waals surface area contributed by atoms with Crippen molar-refractivity contribution in [1.29, 1.82) is 0 Å². The molecule has 2 rings (SSSR count). The van der Waals surface area contributed by atoms with E-state index >= 15 is 0 Å². The van der Waals surface area contributed by atoms with Gasteiger partial charge in [-0.15, -0.1) is 0 Å². The first kappa shape index (κ1) is 19.4. The lowest BCUT2D eigenvalue weighted by Gasteiger charge is -2.15. The molecule has 1 unspecified atom stereocenters. The maximum absolute atomic E-state index is 12.9. The predicted molar refractivity (Wildman–Crippen MR) is 95.6 cm³/mol. The van der Waals surface area contributed by atoms with Crippen molar-refractivity contribution in [3.8, 4) is 5.75 Å². The Morgan fingerprint density at radius 3 is 2.50 bits per heavy atom. The topological polar surface area (TPSA) is 64.6 Å². The van der Waals surface area contributed by atoms with Crippen molar-refractivity contribution in [1.82, 2.24) is 5.32 Å². The first-order chi connectivity index (χ1) is 12.5. The second-order valence-corrected chi connectivity index (χ2v) is 5.64. The molecular formula is C20H22FNO4. The van der Waals surface area contributed by atoms with E-state index < -0.39 is 18.0 Å². The largest absolute Gasteiger partial charge is 0.493 e. The van der Waals surface area contributed by atoms with Gasteiger partial charge in [-0.1, -0.05) is 24.3 Å². The molecule has 0 heterocycles. The summed E-state index contributed by atoms with van der Waals surface area (Å²) in [5, 5.41) is 2.70. The Bertz CT molecular complexity index is 746. The van der Waals surface area contributed by atoms with Crippen molar-refractivity contribution in [2.45, 2.75) is 26.4 Å². The average Bonchev–Trinajstić information content (AvgIpc) is 2.64. The van der Waals surface area contributed by atoms with Crippen molar-refractivity contribution in [3.63, 3.8) is 0 Å². The molecule has 0 fully saturated rings. The maximum Gasteiger partial charge on any atom is 0.342 e. The number of carbonyl (C=O) groups is 2. The fourth-order valence-electron chi connectivity index (χ4n) is 2.32. The Balaban J connectivity index is 1.84. The van der Waals surface area contributed by atoms with Gasteiger partial charge < -0.3 is 14.8 Å². The second kappa shape index (κ2) is 9.56. The third-order valence-electron chi connectivity index (χ3n) is 3.69. The lowest BCUT2D eigenvalue weighted by Crippen LogP contribution is -2.37. The molecule has 1 N–H and O–H groups in total. The molecule has 0 spiro atoms. The number of nitrogens with one attached hydrogen (secondary N) is 1. The Morgan fingerprint density at radius 2 is 1.81 bits per heavy atom. The fraction of sp³-hybridized carbons (Fsp3) is 0.300. The third-order valence-corrected chi connectivity index (χ3v) is 3.69. The minimum absolute atomic E-state index is 0.278. The van der Waals surface area contributed by atoms with Crippen molar-refractivity contribution < 1.29 is 23.5 Å². The highest BCUT2D eigenvalue weighted by Gasteiger charge is 2.20. The second-order valence-electron chi connectivity index (χ2n) is 5.64. The van der Waals surface area contributed by atoms with Crippen LogP contribution in [0, 0.1) is 5.82 Å². The molecule has 138 valence electrons. The van der Waals surface area contributed by atoms with Crippen LogP contribution in [0.25, 0.3) is 0 Å². The van der Waals surface area contributed by atoms with Crippen LogP contribution in [0.15, 0.2) is 48.5 Å². The van der Waals surface area contributed by atoms with Gasteiger partial charge in [0, 0.05) is 6.54 Å². The summed E-state index contributed by atoms with van der Waals surface area (Å²) >= 11 is 0. The highest BCUT2D eigenvalue weighted by Crippen LogP contribution is 2.19. The van der Waals surface area contributed by atoms with Gasteiger partial charge in [-0.25, -0.2) is 9.18 Å². The Hall–Kier alpha value is -2.89. The van der Waals surface area contributed by atoms with Crippen molar-refractivity contribution in [2.24, 2.45) is 0 Å². The van der Waals surface area contributed by atoms with Gasteiger partial charge in [-0.3, -0.25) is 4.79 Å². The highest BCUT2D eigenvalue weighted by atomic mass is 19.1. The van der Waals surface area contributed by atoms with E-state index in [1.54, 1.807) is 36.4 Å². The van der Waals surface area contributed by atoms with Crippen molar-refractivity contribution in [2.75, 3.05) is 13.2 Å². The van der Waals surface area contributed by atoms with Crippen LogP contribution in [0.4, 0.5) is 4.39 Å². The summed E-state index contributed by atoms with van der Waals surface area (Å²) in [6, 6.07) is 12.8. The van der Waals surface area contributed by atoms with E-state index in [0.717, 1.165) is 5.56 Å². The molecule has 0 bridgehead atoms. The minimum atomic E-state index is -0.939. The fourth-order valence-corrected chi connectivity index (χ4v) is 2.32. The SMILES string of the molecule is CCOc1ccccc1C(=O)OC(C)C(=O)NCCc1ccc(F)cc1. The molecule has 1 atom stereocenters. The van der Waals surface area contributed by atoms with Crippen LogP contribution in [0.2, 0.25) is 0 Å². The molecule has 2 aromatic carbocycles. The van der Waals surface area contributed by atoms with Crippen LogP contribution in [-0.4, -0.2) is 31.1 Å². The van der Waals surface area contributed by atoms with Crippen LogP contribution in [-0.2, 0) is 16.0 Å². The molecule has 26 heavy (non-hydrogen) atoms. The first-order valence-electron chi connectivity index (χ1n) is 8.46. The minimum Gasteiger partial charge on any atom is -0.493 e. The van der Waals surface area contributed by atoms with Crippen LogP contribution < -0.4 is 10.1 Å². The molecule has 5 nitrogen and oxygen atoms in total. The standard InChI is InChI=1S/C20H22FNO4/c1-3-25-18-7-5-4-6-17(18)20(24)26-14(2)19(23)22-13-12-15-8-10-16(21)11-9-15/h4-11,14H,3,12-13H2,1-2H3,(H,22,23). The Morgan fingerprint density at radius 1 is 1.12 bits per heavy atom. The van der Waals surface area contributed by atoms with Gasteiger partial charge in [-0.2, -0.15) is 0 Å². The molecule has 0 aromatic heterocycles. The van der Waals surface area contributed by atoms with Crippen LogP contribution in [0.5, 0.6) is 5.75 Å². The zero-order chi connectivity index (χ0) is 18.9. The summed E-state index contributed by atoms with van der Waals surface area (Å²) in [4.78, 5) is 24.3. The van der Waals surface area contributed by atoms with E-state index in [2.05, 4.69) is 5.32 Å². The summed E-state index contributed by atoms with van der Waals surface area (Å²) in [5.74, 6) is -0.890. The lowest BCUT2D eigenvalue weighted by atomic mass is 10.1. The van der Waals surface area contributed by atoms with E-state index in [-0.39, 0.29) is 11.4 Å². The molecule has 0 radical (unpaired) electrons. The molecule has 0 saturated heterocycles. The van der Waals surface area contributed by atoms with Gasteiger partial charge in [-0.05, 0) is 50.1 Å². The van der Waals surface area contributed by atoms with E-state index in [9.17, 15) is 14.0 Å². The van der Waals surface area contributed by atoms with Gasteiger partial charge >= 0.3 is 5.97 Å². The van der Waals surface area contributed by atoms with Crippen molar-refractivity contribution in [3.05, 3.63) is 65.5 Å². The van der Waals surface area contributed by atoms with Gasteiger partial charge in [0.1, 0.15) is 17.1 Å². The van der Waals surface area contributed by atoms with Crippen LogP contribution in [0.3, 0.4) is 0 Å². The summed E-state index contributed by atoms with van der Waals surface area (Å²) < 4.78 is 23.5. The van der Waals surface area contributed by atoms with Gasteiger partial charge in [0.05, 0.1) is 6.61 Å². The number of halogens is 1. The number of para-hydroxylation sites is 1. The quantitative estimate of drug-likeness (QED) is 0.736. The third kappa shape index (κ3) is 5.58. The normalized spacial score (nSPS) is 11.5. The molecule has 1 amide bonds. The summed E-state index contributed by atoms with van der Waals surface area (Å²) in [5.41, 5.74) is 1.18. The van der Waals surface area contributed by atoms with E-state index in [1.807, 2.05) is 6.92 Å². The molecule has 2 aromatic rings. The summed E-state index contributed by atoms with van der Waals surface area (Å²) in [7, 11) is 0.